The molecule has 0 unspecified atom stereocenters. The smallest absolute Gasteiger partial charge is 0.257 e. The second-order valence-electron chi connectivity index (χ2n) is 8.64. The van der Waals surface area contributed by atoms with Crippen molar-refractivity contribution < 1.29 is 13.2 Å². The molecule has 1 fully saturated rings. The molecule has 1 saturated heterocycles. The van der Waals surface area contributed by atoms with Gasteiger partial charge < -0.3 is 0 Å². The van der Waals surface area contributed by atoms with Gasteiger partial charge in [-0.15, -0.1) is 0 Å². The van der Waals surface area contributed by atoms with Crippen LogP contribution in [0.2, 0.25) is 0 Å². The number of carbonyl (C=O) groups excluding carboxylic acids is 1. The summed E-state index contributed by atoms with van der Waals surface area (Å²) in [6.07, 6.45) is 1.04. The van der Waals surface area contributed by atoms with Crippen LogP contribution in [0.1, 0.15) is 41.8 Å². The molecule has 1 aliphatic heterocycles. The van der Waals surface area contributed by atoms with E-state index in [1.54, 1.807) is 16.4 Å². The number of sulfonamides is 1. The predicted molar refractivity (Wildman–Crippen MR) is 125 cm³/mol. The lowest BCUT2D eigenvalue weighted by molar-refractivity contribution is 0.102. The molecule has 6 nitrogen and oxygen atoms in total. The van der Waals surface area contributed by atoms with E-state index in [0.717, 1.165) is 27.8 Å². The summed E-state index contributed by atoms with van der Waals surface area (Å²) in [5.41, 5.74) is 3.47. The molecule has 1 aromatic heterocycles. The molecule has 1 amide bonds. The van der Waals surface area contributed by atoms with Crippen LogP contribution < -0.4 is 5.32 Å². The summed E-state index contributed by atoms with van der Waals surface area (Å²) in [6, 6.07) is 10.2. The van der Waals surface area contributed by atoms with E-state index in [1.807, 2.05) is 26.0 Å². The predicted octanol–water partition coefficient (Wildman–Crippen LogP) is 4.83. The molecule has 0 bridgehead atoms. The van der Waals surface area contributed by atoms with Crippen LogP contribution in [-0.4, -0.2) is 36.7 Å². The Labute approximate surface area is 187 Å². The fourth-order valence-corrected chi connectivity index (χ4v) is 6.90. The quantitative estimate of drug-likeness (QED) is 0.608. The van der Waals surface area contributed by atoms with Gasteiger partial charge in [-0.3, -0.25) is 10.1 Å². The number of thiazole rings is 1. The second-order valence-corrected chi connectivity index (χ2v) is 11.6. The highest BCUT2D eigenvalue weighted by atomic mass is 32.2. The number of amides is 1. The zero-order valence-corrected chi connectivity index (χ0v) is 19.8. The zero-order valence-electron chi connectivity index (χ0n) is 18.2. The van der Waals surface area contributed by atoms with Gasteiger partial charge in [-0.2, -0.15) is 4.31 Å². The molecule has 164 valence electrons. The van der Waals surface area contributed by atoms with E-state index in [4.69, 9.17) is 0 Å². The summed E-state index contributed by atoms with van der Waals surface area (Å²) < 4.78 is 28.7. The molecule has 2 heterocycles. The topological polar surface area (TPSA) is 79.4 Å². The SMILES string of the molecule is Cc1ccc(C)c2sc(NC(=O)c3ccc(S(=O)(=O)N4C[C@H](C)C[C@H](C)C4)cc3)nc12. The molecule has 0 radical (unpaired) electrons. The number of fused-ring (bicyclic) bond motifs is 1. The van der Waals surface area contributed by atoms with Crippen molar-refractivity contribution in [3.8, 4) is 0 Å². The molecule has 8 heteroatoms. The number of carbonyl (C=O) groups is 1. The van der Waals surface area contributed by atoms with Crippen LogP contribution in [0.25, 0.3) is 10.2 Å². The van der Waals surface area contributed by atoms with Crippen molar-refractivity contribution in [1.29, 1.82) is 0 Å². The van der Waals surface area contributed by atoms with Crippen LogP contribution in [-0.2, 0) is 10.0 Å². The zero-order chi connectivity index (χ0) is 22.3. The number of benzene rings is 2. The third kappa shape index (κ3) is 4.37. The first-order chi connectivity index (χ1) is 14.6. The molecule has 2 atom stereocenters. The van der Waals surface area contributed by atoms with Gasteiger partial charge in [-0.25, -0.2) is 13.4 Å². The Morgan fingerprint density at radius 2 is 1.65 bits per heavy atom. The van der Waals surface area contributed by atoms with Gasteiger partial charge in [0, 0.05) is 18.7 Å². The highest BCUT2D eigenvalue weighted by Gasteiger charge is 2.31. The summed E-state index contributed by atoms with van der Waals surface area (Å²) in [5, 5.41) is 3.38. The number of piperidine rings is 1. The van der Waals surface area contributed by atoms with Crippen molar-refractivity contribution >= 4 is 42.6 Å². The van der Waals surface area contributed by atoms with Crippen molar-refractivity contribution in [2.75, 3.05) is 18.4 Å². The number of aryl methyl sites for hydroxylation is 2. The Kier molecular flexibility index (Phi) is 5.89. The van der Waals surface area contributed by atoms with Crippen LogP contribution in [0.4, 0.5) is 5.13 Å². The van der Waals surface area contributed by atoms with E-state index < -0.39 is 10.0 Å². The van der Waals surface area contributed by atoms with Crippen molar-refractivity contribution in [2.45, 2.75) is 39.0 Å². The Hall–Kier alpha value is -2.29. The molecular formula is C23H27N3O3S2. The van der Waals surface area contributed by atoms with Crippen LogP contribution in [0.3, 0.4) is 0 Å². The monoisotopic (exact) mass is 457 g/mol. The highest BCUT2D eigenvalue weighted by Crippen LogP contribution is 2.31. The highest BCUT2D eigenvalue weighted by molar-refractivity contribution is 7.89. The van der Waals surface area contributed by atoms with Gasteiger partial charge >= 0.3 is 0 Å². The standard InChI is InChI=1S/C23H27N3O3S2/c1-14-11-15(2)13-26(12-14)31(28,29)19-9-7-18(8-10-19)22(27)25-23-24-20-16(3)5-6-17(4)21(20)30-23/h5-10,14-15H,11-13H2,1-4H3,(H,24,25,27)/t14-,15+. The number of nitrogens with zero attached hydrogens (tertiary/aromatic N) is 2. The van der Waals surface area contributed by atoms with Crippen molar-refractivity contribution in [3.05, 3.63) is 53.1 Å². The van der Waals surface area contributed by atoms with Crippen LogP contribution >= 0.6 is 11.3 Å². The van der Waals surface area contributed by atoms with Crippen molar-refractivity contribution in [2.24, 2.45) is 11.8 Å². The van der Waals surface area contributed by atoms with Gasteiger partial charge in [0.15, 0.2) is 5.13 Å². The maximum atomic E-state index is 13.0. The van der Waals surface area contributed by atoms with Gasteiger partial charge in [0.1, 0.15) is 0 Å². The summed E-state index contributed by atoms with van der Waals surface area (Å²) in [7, 11) is -3.56. The average Bonchev–Trinajstić information content (AvgIpc) is 3.15. The van der Waals surface area contributed by atoms with E-state index in [-0.39, 0.29) is 10.8 Å². The number of hydrogen-bond donors (Lipinski definition) is 1. The van der Waals surface area contributed by atoms with E-state index >= 15 is 0 Å². The average molecular weight is 458 g/mol. The minimum Gasteiger partial charge on any atom is -0.298 e. The van der Waals surface area contributed by atoms with Gasteiger partial charge in [-0.05, 0) is 67.5 Å². The summed E-state index contributed by atoms with van der Waals surface area (Å²) in [4.78, 5) is 17.5. The fraction of sp³-hybridized carbons (Fsp3) is 0.391. The lowest BCUT2D eigenvalue weighted by Gasteiger charge is -2.34. The van der Waals surface area contributed by atoms with Crippen molar-refractivity contribution in [3.63, 3.8) is 0 Å². The third-order valence-corrected chi connectivity index (χ3v) is 8.70. The first-order valence-electron chi connectivity index (χ1n) is 10.4. The van der Waals surface area contributed by atoms with Gasteiger partial charge in [0.05, 0.1) is 15.1 Å². The molecular weight excluding hydrogens is 430 g/mol. The first kappa shape index (κ1) is 21.9. The molecule has 0 aliphatic carbocycles. The van der Waals surface area contributed by atoms with Gasteiger partial charge in [0.2, 0.25) is 10.0 Å². The maximum absolute atomic E-state index is 13.0. The van der Waals surface area contributed by atoms with Crippen LogP contribution in [0, 0.1) is 25.7 Å². The van der Waals surface area contributed by atoms with Gasteiger partial charge in [-0.1, -0.05) is 37.3 Å². The molecule has 0 spiro atoms. The van der Waals surface area contributed by atoms with E-state index in [0.29, 0.717) is 35.6 Å². The Bertz CT molecular complexity index is 1180. The van der Waals surface area contributed by atoms with Gasteiger partial charge in [0.25, 0.3) is 5.91 Å². The number of nitrogens with one attached hydrogen (secondary N) is 1. The van der Waals surface area contributed by atoms with E-state index in [9.17, 15) is 13.2 Å². The second kappa shape index (κ2) is 8.33. The van der Waals surface area contributed by atoms with E-state index in [2.05, 4.69) is 24.1 Å². The molecule has 1 N–H and O–H groups in total. The Morgan fingerprint density at radius 1 is 1.03 bits per heavy atom. The lowest BCUT2D eigenvalue weighted by Crippen LogP contribution is -2.42. The molecule has 4 rings (SSSR count). The maximum Gasteiger partial charge on any atom is 0.257 e. The molecule has 3 aromatic rings. The molecule has 31 heavy (non-hydrogen) atoms. The van der Waals surface area contributed by atoms with E-state index in [1.165, 1.54) is 23.5 Å². The first-order valence-corrected chi connectivity index (χ1v) is 12.7. The number of anilines is 1. The minimum absolute atomic E-state index is 0.219. The van der Waals surface area contributed by atoms with Crippen LogP contribution in [0.15, 0.2) is 41.3 Å². The Morgan fingerprint density at radius 3 is 2.26 bits per heavy atom. The number of hydrogen-bond acceptors (Lipinski definition) is 5. The lowest BCUT2D eigenvalue weighted by atomic mass is 9.94. The Balaban J connectivity index is 1.52. The largest absolute Gasteiger partial charge is 0.298 e. The number of rotatable bonds is 4. The molecule has 1 aliphatic rings. The molecule has 0 saturated carbocycles. The third-order valence-electron chi connectivity index (χ3n) is 5.75. The summed E-state index contributed by atoms with van der Waals surface area (Å²) in [5.74, 6) is 0.368. The van der Waals surface area contributed by atoms with Crippen LogP contribution in [0.5, 0.6) is 0 Å². The number of aromatic nitrogens is 1. The van der Waals surface area contributed by atoms with Crippen molar-refractivity contribution in [1.82, 2.24) is 9.29 Å². The minimum atomic E-state index is -3.56. The fourth-order valence-electron chi connectivity index (χ4n) is 4.21. The summed E-state index contributed by atoms with van der Waals surface area (Å²) >= 11 is 1.44. The summed E-state index contributed by atoms with van der Waals surface area (Å²) in [6.45, 7) is 9.24. The molecule has 2 aromatic carbocycles. The normalized spacial score (nSPS) is 20.1.